The van der Waals surface area contributed by atoms with Crippen LogP contribution in [-0.2, 0) is 4.79 Å². The minimum Gasteiger partial charge on any atom is -0.319 e. The number of nitrogens with one attached hydrogen (secondary N) is 1. The Morgan fingerprint density at radius 2 is 2.10 bits per heavy atom. The molecular weight excluding hydrogens is 260 g/mol. The lowest BCUT2D eigenvalue weighted by Gasteiger charge is -2.40. The molecular formula is C18H26N2O. The molecule has 0 bridgehead atoms. The summed E-state index contributed by atoms with van der Waals surface area (Å²) in [4.78, 5) is 14.6. The predicted molar refractivity (Wildman–Crippen MR) is 84.8 cm³/mol. The Morgan fingerprint density at radius 1 is 1.29 bits per heavy atom. The number of carbonyl (C=O) groups is 1. The van der Waals surface area contributed by atoms with E-state index in [2.05, 4.69) is 48.3 Å². The zero-order chi connectivity index (χ0) is 14.8. The van der Waals surface area contributed by atoms with E-state index in [0.717, 1.165) is 6.42 Å². The van der Waals surface area contributed by atoms with Gasteiger partial charge in [0.1, 0.15) is 6.17 Å². The highest BCUT2D eigenvalue weighted by Crippen LogP contribution is 2.36. The van der Waals surface area contributed by atoms with Gasteiger partial charge in [0.15, 0.2) is 0 Å². The van der Waals surface area contributed by atoms with Gasteiger partial charge in [-0.3, -0.25) is 10.1 Å². The van der Waals surface area contributed by atoms with Crippen LogP contribution < -0.4 is 5.32 Å². The van der Waals surface area contributed by atoms with Gasteiger partial charge in [-0.25, -0.2) is 0 Å². The van der Waals surface area contributed by atoms with Crippen molar-refractivity contribution >= 4 is 5.91 Å². The Hall–Kier alpha value is -1.35. The maximum atomic E-state index is 12.5. The number of hydrogen-bond acceptors (Lipinski definition) is 2. The second-order valence-electron chi connectivity index (χ2n) is 6.52. The lowest BCUT2D eigenvalue weighted by atomic mass is 9.81. The third kappa shape index (κ3) is 2.84. The number of carbonyl (C=O) groups excluding carboxylic acids is 1. The number of rotatable bonds is 3. The van der Waals surface area contributed by atoms with Gasteiger partial charge in [0.05, 0.1) is 6.54 Å². The summed E-state index contributed by atoms with van der Waals surface area (Å²) in [5.41, 5.74) is 2.48. The van der Waals surface area contributed by atoms with Gasteiger partial charge in [0, 0.05) is 6.04 Å². The summed E-state index contributed by atoms with van der Waals surface area (Å²) in [6.45, 7) is 4.85. The van der Waals surface area contributed by atoms with Crippen LogP contribution in [0.25, 0.3) is 0 Å². The van der Waals surface area contributed by atoms with E-state index < -0.39 is 0 Å². The van der Waals surface area contributed by atoms with Crippen LogP contribution in [0.1, 0.15) is 56.3 Å². The molecule has 2 aliphatic rings. The van der Waals surface area contributed by atoms with E-state index in [-0.39, 0.29) is 12.1 Å². The molecule has 1 N–H and O–H groups in total. The van der Waals surface area contributed by atoms with Gasteiger partial charge < -0.3 is 4.90 Å². The normalized spacial score (nSPS) is 29.9. The molecule has 1 aliphatic carbocycles. The molecule has 1 aromatic rings. The summed E-state index contributed by atoms with van der Waals surface area (Å²) in [6, 6.07) is 8.95. The largest absolute Gasteiger partial charge is 0.319 e. The molecule has 1 saturated heterocycles. The predicted octanol–water partition coefficient (Wildman–Crippen LogP) is 3.39. The van der Waals surface area contributed by atoms with Crippen molar-refractivity contribution in [3.05, 3.63) is 35.4 Å². The van der Waals surface area contributed by atoms with Crippen LogP contribution in [0.5, 0.6) is 0 Å². The molecule has 3 unspecified atom stereocenters. The maximum absolute atomic E-state index is 12.5. The lowest BCUT2D eigenvalue weighted by molar-refractivity contribution is -0.132. The number of amides is 1. The van der Waals surface area contributed by atoms with E-state index in [1.54, 1.807) is 0 Å². The van der Waals surface area contributed by atoms with Crippen molar-refractivity contribution in [2.75, 3.05) is 6.54 Å². The van der Waals surface area contributed by atoms with Crippen LogP contribution in [0.4, 0.5) is 0 Å². The highest BCUT2D eigenvalue weighted by Gasteiger charge is 2.40. The fraction of sp³-hybridized carbons (Fsp3) is 0.611. The Morgan fingerprint density at radius 3 is 2.86 bits per heavy atom. The number of benzene rings is 1. The van der Waals surface area contributed by atoms with Gasteiger partial charge in [-0.1, -0.05) is 56.0 Å². The monoisotopic (exact) mass is 286 g/mol. The smallest absolute Gasteiger partial charge is 0.238 e. The molecule has 3 nitrogen and oxygen atoms in total. The average molecular weight is 286 g/mol. The van der Waals surface area contributed by atoms with Gasteiger partial charge in [0.25, 0.3) is 0 Å². The quantitative estimate of drug-likeness (QED) is 0.923. The first-order valence-electron chi connectivity index (χ1n) is 8.32. The number of nitrogens with zero attached hydrogens (tertiary/aromatic N) is 1. The molecule has 3 atom stereocenters. The molecule has 1 saturated carbocycles. The van der Waals surface area contributed by atoms with Gasteiger partial charge in [0.2, 0.25) is 5.91 Å². The summed E-state index contributed by atoms with van der Waals surface area (Å²) < 4.78 is 0. The van der Waals surface area contributed by atoms with Crippen molar-refractivity contribution in [3.8, 4) is 0 Å². The van der Waals surface area contributed by atoms with Crippen molar-refractivity contribution in [2.45, 2.75) is 58.2 Å². The molecule has 1 heterocycles. The van der Waals surface area contributed by atoms with Crippen molar-refractivity contribution < 1.29 is 4.79 Å². The van der Waals surface area contributed by atoms with Gasteiger partial charge in [-0.05, 0) is 31.2 Å². The van der Waals surface area contributed by atoms with E-state index in [9.17, 15) is 4.79 Å². The van der Waals surface area contributed by atoms with Crippen LogP contribution in [0.3, 0.4) is 0 Å². The average Bonchev–Trinajstić information content (AvgIpc) is 2.89. The van der Waals surface area contributed by atoms with Crippen molar-refractivity contribution in [3.63, 3.8) is 0 Å². The molecule has 3 rings (SSSR count). The highest BCUT2D eigenvalue weighted by atomic mass is 16.2. The van der Waals surface area contributed by atoms with Gasteiger partial charge in [-0.2, -0.15) is 0 Å². The topological polar surface area (TPSA) is 32.3 Å². The molecule has 0 spiro atoms. The zero-order valence-corrected chi connectivity index (χ0v) is 13.1. The third-order valence-electron chi connectivity index (χ3n) is 5.12. The molecule has 21 heavy (non-hydrogen) atoms. The Labute approximate surface area is 127 Å². The van der Waals surface area contributed by atoms with Crippen LogP contribution in [0.2, 0.25) is 0 Å². The first kappa shape index (κ1) is 14.6. The highest BCUT2D eigenvalue weighted by molar-refractivity contribution is 5.81. The molecule has 1 amide bonds. The summed E-state index contributed by atoms with van der Waals surface area (Å²) in [6.07, 6.45) is 6.24. The fourth-order valence-electron chi connectivity index (χ4n) is 4.04. The Balaban J connectivity index is 1.88. The number of aryl methyl sites for hydroxylation is 1. The summed E-state index contributed by atoms with van der Waals surface area (Å²) in [7, 11) is 0. The number of hydrogen-bond donors (Lipinski definition) is 1. The van der Waals surface area contributed by atoms with Crippen LogP contribution in [0.15, 0.2) is 24.3 Å². The van der Waals surface area contributed by atoms with Crippen molar-refractivity contribution in [1.82, 2.24) is 10.2 Å². The Bertz CT molecular complexity index is 514. The van der Waals surface area contributed by atoms with E-state index in [1.807, 2.05) is 0 Å². The van der Waals surface area contributed by atoms with Gasteiger partial charge >= 0.3 is 0 Å². The minimum atomic E-state index is 0.0644. The van der Waals surface area contributed by atoms with Gasteiger partial charge in [-0.15, -0.1) is 0 Å². The SMILES string of the molecule is CCC1CCCCC1N1C(=O)CNC1c1cccc(C)c1. The fourth-order valence-corrected chi connectivity index (χ4v) is 4.04. The minimum absolute atomic E-state index is 0.0644. The second-order valence-corrected chi connectivity index (χ2v) is 6.52. The van der Waals surface area contributed by atoms with Crippen LogP contribution >= 0.6 is 0 Å². The molecule has 114 valence electrons. The zero-order valence-electron chi connectivity index (χ0n) is 13.1. The lowest BCUT2D eigenvalue weighted by Crippen LogP contribution is -2.45. The van der Waals surface area contributed by atoms with E-state index >= 15 is 0 Å². The third-order valence-corrected chi connectivity index (χ3v) is 5.12. The summed E-state index contributed by atoms with van der Waals surface area (Å²) >= 11 is 0. The van der Waals surface area contributed by atoms with Crippen molar-refractivity contribution in [1.29, 1.82) is 0 Å². The Kier molecular flexibility index (Phi) is 4.29. The summed E-state index contributed by atoms with van der Waals surface area (Å²) in [5, 5.41) is 3.42. The van der Waals surface area contributed by atoms with E-state index in [4.69, 9.17) is 0 Å². The van der Waals surface area contributed by atoms with Crippen molar-refractivity contribution in [2.24, 2.45) is 5.92 Å². The second kappa shape index (κ2) is 6.18. The van der Waals surface area contributed by atoms with Crippen LogP contribution in [0, 0.1) is 12.8 Å². The standard InChI is InChI=1S/C18H26N2O/c1-3-14-8-4-5-10-16(14)20-17(21)12-19-18(20)15-9-6-7-13(2)11-15/h6-7,9,11,14,16,18-19H,3-5,8,10,12H2,1-2H3. The van der Waals surface area contributed by atoms with E-state index in [0.29, 0.717) is 18.5 Å². The summed E-state index contributed by atoms with van der Waals surface area (Å²) in [5.74, 6) is 0.932. The molecule has 1 aliphatic heterocycles. The first-order chi connectivity index (χ1) is 10.2. The molecule has 2 fully saturated rings. The van der Waals surface area contributed by atoms with Crippen LogP contribution in [-0.4, -0.2) is 23.4 Å². The maximum Gasteiger partial charge on any atom is 0.238 e. The van der Waals surface area contributed by atoms with E-state index in [1.165, 1.54) is 36.8 Å². The molecule has 3 heteroatoms. The molecule has 0 radical (unpaired) electrons. The first-order valence-corrected chi connectivity index (χ1v) is 8.32. The molecule has 0 aromatic heterocycles. The molecule has 1 aromatic carbocycles.